The van der Waals surface area contributed by atoms with Gasteiger partial charge in [0.1, 0.15) is 22.9 Å². The molecule has 33 heavy (non-hydrogen) atoms. The number of hydrogen-bond acceptors (Lipinski definition) is 7. The second-order valence-corrected chi connectivity index (χ2v) is 7.90. The normalized spacial score (nSPS) is 15.2. The number of methoxy groups -OCH3 is 1. The Bertz CT molecular complexity index is 1410. The average Bonchev–Trinajstić information content (AvgIpc) is 3.42. The SMILES string of the molecule is CCCc1[nH]nc2c1[C@@H](c1ccc(OC)c(Cn3nnc4ccccc43)c1)C(C#N)=C(N)O2. The number of ether oxygens (including phenoxy) is 2. The summed E-state index contributed by atoms with van der Waals surface area (Å²) in [7, 11) is 1.64. The maximum absolute atomic E-state index is 9.93. The molecule has 166 valence electrons. The highest BCUT2D eigenvalue weighted by molar-refractivity contribution is 5.74. The van der Waals surface area contributed by atoms with Crippen LogP contribution in [0.25, 0.3) is 11.0 Å². The molecular formula is C24H23N7O2. The molecule has 2 aromatic heterocycles. The molecular weight excluding hydrogens is 418 g/mol. The number of hydrogen-bond donors (Lipinski definition) is 2. The van der Waals surface area contributed by atoms with E-state index < -0.39 is 5.92 Å². The molecule has 3 heterocycles. The number of H-pyrrole nitrogens is 1. The first-order valence-electron chi connectivity index (χ1n) is 10.7. The van der Waals surface area contributed by atoms with Gasteiger partial charge in [0.2, 0.25) is 11.8 Å². The van der Waals surface area contributed by atoms with Crippen molar-refractivity contribution in [1.29, 1.82) is 5.26 Å². The van der Waals surface area contributed by atoms with E-state index in [1.165, 1.54) is 0 Å². The lowest BCUT2D eigenvalue weighted by atomic mass is 9.83. The Labute approximate surface area is 190 Å². The number of nitrogens with one attached hydrogen (secondary N) is 1. The minimum absolute atomic E-state index is 0.0733. The molecule has 5 rings (SSSR count). The van der Waals surface area contributed by atoms with Crippen LogP contribution in [0.2, 0.25) is 0 Å². The number of fused-ring (bicyclic) bond motifs is 2. The van der Waals surface area contributed by atoms with Crippen molar-refractivity contribution in [1.82, 2.24) is 25.2 Å². The van der Waals surface area contributed by atoms with Gasteiger partial charge in [-0.25, -0.2) is 4.68 Å². The largest absolute Gasteiger partial charge is 0.496 e. The van der Waals surface area contributed by atoms with Gasteiger partial charge < -0.3 is 15.2 Å². The van der Waals surface area contributed by atoms with Crippen LogP contribution in [0.1, 0.15) is 41.6 Å². The van der Waals surface area contributed by atoms with Crippen LogP contribution >= 0.6 is 0 Å². The summed E-state index contributed by atoms with van der Waals surface area (Å²) in [6.45, 7) is 2.55. The molecule has 9 heteroatoms. The summed E-state index contributed by atoms with van der Waals surface area (Å²) in [6, 6.07) is 15.9. The van der Waals surface area contributed by atoms with Crippen LogP contribution in [0.5, 0.6) is 11.6 Å². The number of aromatic amines is 1. The monoisotopic (exact) mass is 441 g/mol. The Morgan fingerprint density at radius 2 is 2.12 bits per heavy atom. The zero-order valence-corrected chi connectivity index (χ0v) is 18.4. The van der Waals surface area contributed by atoms with Crippen LogP contribution in [0.4, 0.5) is 0 Å². The van der Waals surface area contributed by atoms with Crippen LogP contribution < -0.4 is 15.2 Å². The maximum Gasteiger partial charge on any atom is 0.244 e. The molecule has 0 bridgehead atoms. The number of aryl methyl sites for hydroxylation is 1. The summed E-state index contributed by atoms with van der Waals surface area (Å²) in [5.74, 6) is 0.821. The third kappa shape index (κ3) is 3.46. The van der Waals surface area contributed by atoms with Gasteiger partial charge in [0.05, 0.1) is 25.1 Å². The highest BCUT2D eigenvalue weighted by Gasteiger charge is 2.35. The first-order valence-corrected chi connectivity index (χ1v) is 10.7. The van der Waals surface area contributed by atoms with Crippen molar-refractivity contribution >= 4 is 11.0 Å². The van der Waals surface area contributed by atoms with E-state index >= 15 is 0 Å². The summed E-state index contributed by atoms with van der Waals surface area (Å²) in [4.78, 5) is 0. The standard InChI is InChI=1S/C24H23N7O2/c1-3-6-18-22-21(16(12-25)23(26)33-24(22)29-27-18)14-9-10-20(32-2)15(11-14)13-31-19-8-5-4-7-17(19)28-30-31/h4-5,7-11,21H,3,6,13,26H2,1-2H3,(H,27,29)/t21-/m0/s1. The van der Waals surface area contributed by atoms with Crippen molar-refractivity contribution in [2.24, 2.45) is 5.73 Å². The van der Waals surface area contributed by atoms with Crippen LogP contribution in [-0.2, 0) is 13.0 Å². The number of nitrogens with zero attached hydrogens (tertiary/aromatic N) is 5. The van der Waals surface area contributed by atoms with E-state index in [-0.39, 0.29) is 5.88 Å². The van der Waals surface area contributed by atoms with Gasteiger partial charge in [-0.05, 0) is 36.2 Å². The van der Waals surface area contributed by atoms with Gasteiger partial charge in [-0.3, -0.25) is 5.10 Å². The van der Waals surface area contributed by atoms with E-state index in [1.54, 1.807) is 7.11 Å². The number of para-hydroxylation sites is 1. The zero-order chi connectivity index (χ0) is 22.9. The minimum atomic E-state index is -0.392. The Morgan fingerprint density at radius 3 is 2.91 bits per heavy atom. The molecule has 0 aliphatic carbocycles. The summed E-state index contributed by atoms with van der Waals surface area (Å²) in [6.07, 6.45) is 1.71. The van der Waals surface area contributed by atoms with Gasteiger partial charge in [0.15, 0.2) is 0 Å². The van der Waals surface area contributed by atoms with Gasteiger partial charge in [0.25, 0.3) is 0 Å². The third-order valence-corrected chi connectivity index (χ3v) is 5.90. The molecule has 0 saturated heterocycles. The van der Waals surface area contributed by atoms with E-state index in [0.29, 0.717) is 18.0 Å². The third-order valence-electron chi connectivity index (χ3n) is 5.90. The Hall–Kier alpha value is -4.32. The van der Waals surface area contributed by atoms with Crippen molar-refractivity contribution in [2.45, 2.75) is 32.2 Å². The van der Waals surface area contributed by atoms with E-state index in [2.05, 4.69) is 33.5 Å². The summed E-state index contributed by atoms with van der Waals surface area (Å²) in [5.41, 5.74) is 11.8. The van der Waals surface area contributed by atoms with Gasteiger partial charge in [-0.15, -0.1) is 10.2 Å². The molecule has 0 unspecified atom stereocenters. The van der Waals surface area contributed by atoms with Crippen LogP contribution in [-0.4, -0.2) is 32.3 Å². The van der Waals surface area contributed by atoms with Gasteiger partial charge in [-0.2, -0.15) is 5.26 Å². The molecule has 0 radical (unpaired) electrons. The molecule has 0 amide bonds. The molecule has 0 saturated carbocycles. The van der Waals surface area contributed by atoms with Crippen LogP contribution in [0.15, 0.2) is 53.9 Å². The van der Waals surface area contributed by atoms with Crippen molar-refractivity contribution < 1.29 is 9.47 Å². The Kier molecular flexibility index (Phi) is 5.18. The van der Waals surface area contributed by atoms with Gasteiger partial charge in [-0.1, -0.05) is 36.8 Å². The van der Waals surface area contributed by atoms with Crippen LogP contribution in [0.3, 0.4) is 0 Å². The van der Waals surface area contributed by atoms with Gasteiger partial charge >= 0.3 is 0 Å². The molecule has 2 aromatic carbocycles. The molecule has 0 spiro atoms. The second-order valence-electron chi connectivity index (χ2n) is 7.90. The van der Waals surface area contributed by atoms with E-state index in [4.69, 9.17) is 15.2 Å². The van der Waals surface area contributed by atoms with Crippen molar-refractivity contribution in [2.75, 3.05) is 7.11 Å². The molecule has 9 nitrogen and oxygen atoms in total. The number of aromatic nitrogens is 5. The van der Waals surface area contributed by atoms with E-state index in [9.17, 15) is 5.26 Å². The fourth-order valence-electron chi connectivity index (χ4n) is 4.38. The highest BCUT2D eigenvalue weighted by Crippen LogP contribution is 2.44. The molecule has 1 aliphatic rings. The van der Waals surface area contributed by atoms with Gasteiger partial charge in [0, 0.05) is 16.8 Å². The fourth-order valence-corrected chi connectivity index (χ4v) is 4.38. The quantitative estimate of drug-likeness (QED) is 0.469. The lowest BCUT2D eigenvalue weighted by molar-refractivity contribution is 0.378. The summed E-state index contributed by atoms with van der Waals surface area (Å²) < 4.78 is 13.1. The summed E-state index contributed by atoms with van der Waals surface area (Å²) >= 11 is 0. The lowest BCUT2D eigenvalue weighted by Gasteiger charge is -2.25. The zero-order valence-electron chi connectivity index (χ0n) is 18.4. The van der Waals surface area contributed by atoms with Crippen molar-refractivity contribution in [3.8, 4) is 17.7 Å². The number of nitriles is 1. The summed E-state index contributed by atoms with van der Waals surface area (Å²) in [5, 5.41) is 25.9. The number of allylic oxidation sites excluding steroid dienone is 1. The molecule has 1 atom stereocenters. The Balaban J connectivity index is 1.63. The maximum atomic E-state index is 9.93. The predicted octanol–water partition coefficient (Wildman–Crippen LogP) is 3.38. The first kappa shape index (κ1) is 20.6. The second kappa shape index (κ2) is 8.31. The van der Waals surface area contributed by atoms with Crippen LogP contribution in [0, 0.1) is 11.3 Å². The smallest absolute Gasteiger partial charge is 0.244 e. The topological polar surface area (TPSA) is 128 Å². The van der Waals surface area contributed by atoms with E-state index in [0.717, 1.165) is 52.0 Å². The van der Waals surface area contributed by atoms with E-state index in [1.807, 2.05) is 47.1 Å². The minimum Gasteiger partial charge on any atom is -0.496 e. The fraction of sp³-hybridized carbons (Fsp3) is 0.250. The number of benzene rings is 2. The first-order chi connectivity index (χ1) is 16.1. The number of rotatable bonds is 6. The van der Waals surface area contributed by atoms with Crippen molar-refractivity contribution in [3.63, 3.8) is 0 Å². The lowest BCUT2D eigenvalue weighted by Crippen LogP contribution is -2.21. The molecule has 0 fully saturated rings. The Morgan fingerprint density at radius 1 is 1.27 bits per heavy atom. The molecule has 1 aliphatic heterocycles. The predicted molar refractivity (Wildman–Crippen MR) is 122 cm³/mol. The average molecular weight is 441 g/mol. The highest BCUT2D eigenvalue weighted by atomic mass is 16.5. The number of nitrogens with two attached hydrogens (primary N) is 1. The van der Waals surface area contributed by atoms with Crippen molar-refractivity contribution in [3.05, 3.63) is 76.3 Å². The molecule has 3 N–H and O–H groups in total. The molecule has 4 aromatic rings.